The third-order valence-electron chi connectivity index (χ3n) is 3.59. The minimum Gasteiger partial charge on any atom is -0.264 e. The lowest BCUT2D eigenvalue weighted by Crippen LogP contribution is -1.99. The molecular formula is C15H15N. The van der Waals surface area contributed by atoms with Gasteiger partial charge in [-0.25, -0.2) is 0 Å². The van der Waals surface area contributed by atoms with E-state index in [0.29, 0.717) is 5.92 Å². The Balaban J connectivity index is 2.18. The van der Waals surface area contributed by atoms with Gasteiger partial charge in [0.2, 0.25) is 0 Å². The van der Waals surface area contributed by atoms with Crippen molar-refractivity contribution in [1.29, 1.82) is 0 Å². The molecule has 1 heterocycles. The number of nitrogens with zero attached hydrogens (tertiary/aromatic N) is 1. The zero-order chi connectivity index (χ0) is 11.0. The van der Waals surface area contributed by atoms with Crippen molar-refractivity contribution in [1.82, 2.24) is 4.98 Å². The monoisotopic (exact) mass is 209 g/mol. The summed E-state index contributed by atoms with van der Waals surface area (Å²) in [6.45, 7) is 2.29. The first-order valence-electron chi connectivity index (χ1n) is 5.87. The van der Waals surface area contributed by atoms with Crippen molar-refractivity contribution in [3.63, 3.8) is 0 Å². The molecule has 0 saturated heterocycles. The Morgan fingerprint density at radius 1 is 1.00 bits per heavy atom. The van der Waals surface area contributed by atoms with Gasteiger partial charge in [-0.3, -0.25) is 4.98 Å². The standard InChI is InChI=1S/C15H15N/c1-11-14-5-3-2-4-12(14)6-7-13-10-16-9-8-15(11)13/h2-5,8-11H,6-7H2,1H3. The lowest BCUT2D eigenvalue weighted by molar-refractivity contribution is 0.906. The molecule has 2 aromatic rings. The van der Waals surface area contributed by atoms with Gasteiger partial charge in [0.25, 0.3) is 0 Å². The highest BCUT2D eigenvalue weighted by Gasteiger charge is 2.19. The van der Waals surface area contributed by atoms with Crippen LogP contribution in [0.25, 0.3) is 0 Å². The fourth-order valence-electron chi connectivity index (χ4n) is 2.69. The Kier molecular flexibility index (Phi) is 2.24. The van der Waals surface area contributed by atoms with Gasteiger partial charge < -0.3 is 0 Å². The molecular weight excluding hydrogens is 194 g/mol. The van der Waals surface area contributed by atoms with Crippen LogP contribution in [-0.2, 0) is 12.8 Å². The fraction of sp³-hybridized carbons (Fsp3) is 0.267. The average Bonchev–Trinajstić information content (AvgIpc) is 2.49. The number of aromatic nitrogens is 1. The number of rotatable bonds is 0. The molecule has 80 valence electrons. The molecule has 0 fully saturated rings. The van der Waals surface area contributed by atoms with Gasteiger partial charge in [0.05, 0.1) is 0 Å². The maximum atomic E-state index is 4.24. The van der Waals surface area contributed by atoms with E-state index in [9.17, 15) is 0 Å². The molecule has 0 aliphatic heterocycles. The molecule has 0 bridgehead atoms. The summed E-state index contributed by atoms with van der Waals surface area (Å²) >= 11 is 0. The van der Waals surface area contributed by atoms with Crippen molar-refractivity contribution in [2.45, 2.75) is 25.7 Å². The average molecular weight is 209 g/mol. The number of fused-ring (bicyclic) bond motifs is 2. The van der Waals surface area contributed by atoms with Crippen LogP contribution in [0.3, 0.4) is 0 Å². The largest absolute Gasteiger partial charge is 0.264 e. The second-order valence-electron chi connectivity index (χ2n) is 4.49. The molecule has 3 rings (SSSR count). The second kappa shape index (κ2) is 3.75. The van der Waals surface area contributed by atoms with E-state index in [4.69, 9.17) is 0 Å². The van der Waals surface area contributed by atoms with E-state index in [1.807, 2.05) is 12.4 Å². The zero-order valence-electron chi connectivity index (χ0n) is 9.48. The number of aryl methyl sites for hydroxylation is 2. The van der Waals surface area contributed by atoms with E-state index < -0.39 is 0 Å². The summed E-state index contributed by atoms with van der Waals surface area (Å²) in [5.74, 6) is 0.497. The van der Waals surface area contributed by atoms with Crippen LogP contribution in [0, 0.1) is 0 Å². The van der Waals surface area contributed by atoms with Crippen LogP contribution in [0.2, 0.25) is 0 Å². The molecule has 1 aromatic carbocycles. The third-order valence-corrected chi connectivity index (χ3v) is 3.59. The molecule has 1 aliphatic carbocycles. The van der Waals surface area contributed by atoms with E-state index in [1.54, 1.807) is 0 Å². The van der Waals surface area contributed by atoms with Crippen LogP contribution in [0.5, 0.6) is 0 Å². The van der Waals surface area contributed by atoms with Gasteiger partial charge in [0, 0.05) is 18.3 Å². The van der Waals surface area contributed by atoms with E-state index in [2.05, 4.69) is 42.2 Å². The molecule has 0 amide bonds. The van der Waals surface area contributed by atoms with Crippen LogP contribution in [0.15, 0.2) is 42.7 Å². The highest BCUT2D eigenvalue weighted by atomic mass is 14.6. The van der Waals surface area contributed by atoms with Gasteiger partial charge in [0.15, 0.2) is 0 Å². The number of hydrogen-bond acceptors (Lipinski definition) is 1. The molecule has 1 aliphatic rings. The van der Waals surface area contributed by atoms with Gasteiger partial charge >= 0.3 is 0 Å². The van der Waals surface area contributed by atoms with Crippen molar-refractivity contribution >= 4 is 0 Å². The predicted molar refractivity (Wildman–Crippen MR) is 65.6 cm³/mol. The molecule has 0 N–H and O–H groups in total. The SMILES string of the molecule is CC1c2ccccc2CCc2cnccc21. The first-order valence-corrected chi connectivity index (χ1v) is 5.87. The summed E-state index contributed by atoms with van der Waals surface area (Å²) in [5, 5.41) is 0. The smallest absolute Gasteiger partial charge is 0.0302 e. The third kappa shape index (κ3) is 1.44. The van der Waals surface area contributed by atoms with E-state index in [0.717, 1.165) is 12.8 Å². The Morgan fingerprint density at radius 2 is 1.75 bits per heavy atom. The topological polar surface area (TPSA) is 12.9 Å². The molecule has 16 heavy (non-hydrogen) atoms. The predicted octanol–water partition coefficient (Wildman–Crippen LogP) is 3.33. The van der Waals surface area contributed by atoms with Crippen molar-refractivity contribution < 1.29 is 0 Å². The van der Waals surface area contributed by atoms with Gasteiger partial charge in [-0.05, 0) is 41.2 Å². The molecule has 1 aromatic heterocycles. The molecule has 1 unspecified atom stereocenters. The van der Waals surface area contributed by atoms with E-state index >= 15 is 0 Å². The lowest BCUT2D eigenvalue weighted by atomic mass is 9.91. The molecule has 0 spiro atoms. The first kappa shape index (κ1) is 9.59. The second-order valence-corrected chi connectivity index (χ2v) is 4.49. The van der Waals surface area contributed by atoms with Crippen LogP contribution in [-0.4, -0.2) is 4.98 Å². The Morgan fingerprint density at radius 3 is 2.69 bits per heavy atom. The lowest BCUT2D eigenvalue weighted by Gasteiger charge is -2.14. The van der Waals surface area contributed by atoms with Crippen LogP contribution in [0.1, 0.15) is 35.1 Å². The maximum Gasteiger partial charge on any atom is 0.0302 e. The van der Waals surface area contributed by atoms with Crippen molar-refractivity contribution in [3.05, 3.63) is 65.0 Å². The Labute approximate surface area is 96.2 Å². The maximum absolute atomic E-state index is 4.24. The van der Waals surface area contributed by atoms with Crippen molar-refractivity contribution in [3.8, 4) is 0 Å². The quantitative estimate of drug-likeness (QED) is 0.648. The van der Waals surface area contributed by atoms with Crippen molar-refractivity contribution in [2.24, 2.45) is 0 Å². The summed E-state index contributed by atoms with van der Waals surface area (Å²) in [6.07, 6.45) is 6.19. The summed E-state index contributed by atoms with van der Waals surface area (Å²) in [4.78, 5) is 4.24. The molecule has 1 nitrogen and oxygen atoms in total. The van der Waals surface area contributed by atoms with Crippen molar-refractivity contribution in [2.75, 3.05) is 0 Å². The summed E-state index contributed by atoms with van der Waals surface area (Å²) in [6, 6.07) is 11.0. The Bertz CT molecular complexity index is 469. The van der Waals surface area contributed by atoms with Gasteiger partial charge in [0.1, 0.15) is 0 Å². The Hall–Kier alpha value is -1.63. The number of hydrogen-bond donors (Lipinski definition) is 0. The highest BCUT2D eigenvalue weighted by Crippen LogP contribution is 2.32. The van der Waals surface area contributed by atoms with Gasteiger partial charge in [-0.15, -0.1) is 0 Å². The minimum absolute atomic E-state index is 0.497. The van der Waals surface area contributed by atoms with Crippen LogP contribution < -0.4 is 0 Å². The normalized spacial score (nSPS) is 18.4. The van der Waals surface area contributed by atoms with Gasteiger partial charge in [-0.1, -0.05) is 31.2 Å². The summed E-state index contributed by atoms with van der Waals surface area (Å²) in [7, 11) is 0. The molecule has 0 radical (unpaired) electrons. The number of pyridine rings is 1. The molecule has 1 heteroatoms. The van der Waals surface area contributed by atoms with Crippen LogP contribution in [0.4, 0.5) is 0 Å². The summed E-state index contributed by atoms with van der Waals surface area (Å²) < 4.78 is 0. The molecule has 0 saturated carbocycles. The minimum atomic E-state index is 0.497. The number of benzene rings is 1. The van der Waals surface area contributed by atoms with Gasteiger partial charge in [-0.2, -0.15) is 0 Å². The highest BCUT2D eigenvalue weighted by molar-refractivity contribution is 5.43. The van der Waals surface area contributed by atoms with E-state index in [1.165, 1.54) is 22.3 Å². The first-order chi connectivity index (χ1) is 7.86. The summed E-state index contributed by atoms with van der Waals surface area (Å²) in [5.41, 5.74) is 5.82. The van der Waals surface area contributed by atoms with E-state index in [-0.39, 0.29) is 0 Å². The fourth-order valence-corrected chi connectivity index (χ4v) is 2.69. The molecule has 1 atom stereocenters. The zero-order valence-corrected chi connectivity index (χ0v) is 9.48. The van der Waals surface area contributed by atoms with Crippen LogP contribution >= 0.6 is 0 Å².